The fourth-order valence-corrected chi connectivity index (χ4v) is 4.26. The fourth-order valence-electron chi connectivity index (χ4n) is 2.55. The molecule has 0 fully saturated rings. The number of amides is 1. The minimum absolute atomic E-state index is 0.135. The van der Waals surface area contributed by atoms with Gasteiger partial charge >= 0.3 is 0 Å². The predicted octanol–water partition coefficient (Wildman–Crippen LogP) is 5.14. The molecule has 5 nitrogen and oxygen atoms in total. The Kier molecular flexibility index (Phi) is 7.40. The molecule has 0 aliphatic rings. The smallest absolute Gasteiger partial charge is 0.232 e. The standard InChI is InChI=1S/C18H19Cl3N2O3S/c1-12-5-6-13(19)11-17(12)23(27(2,25)26)7-3-4-18(24)22-16-9-14(20)8-15(21)10-16/h5-6,8-11H,3-4,7H2,1-2H3,(H,22,24). The van der Waals surface area contributed by atoms with Gasteiger partial charge in [0.25, 0.3) is 0 Å². The Hall–Kier alpha value is -1.47. The summed E-state index contributed by atoms with van der Waals surface area (Å²) in [4.78, 5) is 12.1. The Morgan fingerprint density at radius 2 is 1.67 bits per heavy atom. The van der Waals surface area contributed by atoms with Gasteiger partial charge in [-0.05, 0) is 49.2 Å². The highest BCUT2D eigenvalue weighted by atomic mass is 35.5. The maximum absolute atomic E-state index is 12.2. The van der Waals surface area contributed by atoms with Crippen molar-refractivity contribution in [3.63, 3.8) is 0 Å². The van der Waals surface area contributed by atoms with Gasteiger partial charge in [-0.15, -0.1) is 0 Å². The number of hydrogen-bond donors (Lipinski definition) is 1. The highest BCUT2D eigenvalue weighted by Gasteiger charge is 2.19. The zero-order valence-corrected chi connectivity index (χ0v) is 17.9. The van der Waals surface area contributed by atoms with Gasteiger partial charge in [-0.1, -0.05) is 40.9 Å². The topological polar surface area (TPSA) is 66.5 Å². The SMILES string of the molecule is Cc1ccc(Cl)cc1N(CCCC(=O)Nc1cc(Cl)cc(Cl)c1)S(C)(=O)=O. The summed E-state index contributed by atoms with van der Waals surface area (Å²) in [6, 6.07) is 9.80. The Balaban J connectivity index is 2.03. The Labute approximate surface area is 174 Å². The van der Waals surface area contributed by atoms with Crippen LogP contribution < -0.4 is 9.62 Å². The van der Waals surface area contributed by atoms with Gasteiger partial charge in [-0.3, -0.25) is 9.10 Å². The largest absolute Gasteiger partial charge is 0.326 e. The first kappa shape index (κ1) is 21.8. The highest BCUT2D eigenvalue weighted by Crippen LogP contribution is 2.27. The van der Waals surface area contributed by atoms with Crippen molar-refractivity contribution in [3.05, 3.63) is 57.0 Å². The molecule has 0 heterocycles. The third kappa shape index (κ3) is 6.57. The van der Waals surface area contributed by atoms with Crippen LogP contribution in [-0.4, -0.2) is 27.1 Å². The molecule has 0 saturated heterocycles. The minimum atomic E-state index is -3.52. The molecular formula is C18H19Cl3N2O3S. The number of halogens is 3. The molecule has 0 spiro atoms. The van der Waals surface area contributed by atoms with E-state index in [2.05, 4.69) is 5.32 Å². The first-order chi connectivity index (χ1) is 12.6. The van der Waals surface area contributed by atoms with Crippen LogP contribution in [0.25, 0.3) is 0 Å². The average molecular weight is 450 g/mol. The van der Waals surface area contributed by atoms with Crippen molar-refractivity contribution in [2.75, 3.05) is 22.4 Å². The first-order valence-electron chi connectivity index (χ1n) is 8.06. The van der Waals surface area contributed by atoms with Crippen molar-refractivity contribution in [2.45, 2.75) is 19.8 Å². The fraction of sp³-hybridized carbons (Fsp3) is 0.278. The molecule has 27 heavy (non-hydrogen) atoms. The van der Waals surface area contributed by atoms with Gasteiger partial charge < -0.3 is 5.32 Å². The third-order valence-electron chi connectivity index (χ3n) is 3.75. The zero-order chi connectivity index (χ0) is 20.2. The van der Waals surface area contributed by atoms with E-state index in [0.29, 0.717) is 32.9 Å². The van der Waals surface area contributed by atoms with Crippen LogP contribution in [-0.2, 0) is 14.8 Å². The van der Waals surface area contributed by atoms with Crippen LogP contribution in [0.15, 0.2) is 36.4 Å². The molecule has 0 aliphatic carbocycles. The van der Waals surface area contributed by atoms with Crippen molar-refractivity contribution in [3.8, 4) is 0 Å². The van der Waals surface area contributed by atoms with Crippen LogP contribution in [0.5, 0.6) is 0 Å². The van der Waals surface area contributed by atoms with Crippen molar-refractivity contribution in [1.82, 2.24) is 0 Å². The number of rotatable bonds is 7. The van der Waals surface area contributed by atoms with Crippen LogP contribution >= 0.6 is 34.8 Å². The molecule has 0 aromatic heterocycles. The van der Waals surface area contributed by atoms with E-state index in [9.17, 15) is 13.2 Å². The molecule has 0 atom stereocenters. The summed E-state index contributed by atoms with van der Waals surface area (Å²) in [5.41, 5.74) is 1.78. The Morgan fingerprint density at radius 1 is 1.04 bits per heavy atom. The summed E-state index contributed by atoms with van der Waals surface area (Å²) in [6.07, 6.45) is 1.59. The maximum Gasteiger partial charge on any atom is 0.232 e. The number of carbonyl (C=O) groups is 1. The van der Waals surface area contributed by atoms with Crippen LogP contribution in [0, 0.1) is 6.92 Å². The number of nitrogens with zero attached hydrogens (tertiary/aromatic N) is 1. The quantitative estimate of drug-likeness (QED) is 0.636. The minimum Gasteiger partial charge on any atom is -0.326 e. The zero-order valence-electron chi connectivity index (χ0n) is 14.8. The van der Waals surface area contributed by atoms with Gasteiger partial charge in [0, 0.05) is 33.7 Å². The van der Waals surface area contributed by atoms with E-state index >= 15 is 0 Å². The summed E-state index contributed by atoms with van der Waals surface area (Å²) in [6.45, 7) is 1.96. The number of benzene rings is 2. The molecule has 1 N–H and O–H groups in total. The van der Waals surface area contributed by atoms with Crippen LogP contribution in [0.1, 0.15) is 18.4 Å². The van der Waals surface area contributed by atoms with Crippen molar-refractivity contribution in [2.24, 2.45) is 0 Å². The van der Waals surface area contributed by atoms with Gasteiger partial charge in [0.1, 0.15) is 0 Å². The predicted molar refractivity (Wildman–Crippen MR) is 113 cm³/mol. The lowest BCUT2D eigenvalue weighted by molar-refractivity contribution is -0.116. The molecule has 9 heteroatoms. The van der Waals surface area contributed by atoms with E-state index in [4.69, 9.17) is 34.8 Å². The molecule has 0 saturated carbocycles. The van der Waals surface area contributed by atoms with Gasteiger partial charge in [0.2, 0.25) is 15.9 Å². The molecule has 2 aromatic carbocycles. The average Bonchev–Trinajstić information content (AvgIpc) is 2.52. The highest BCUT2D eigenvalue weighted by molar-refractivity contribution is 7.92. The van der Waals surface area contributed by atoms with Crippen molar-refractivity contribution in [1.29, 1.82) is 0 Å². The van der Waals surface area contributed by atoms with E-state index in [1.807, 2.05) is 0 Å². The third-order valence-corrected chi connectivity index (χ3v) is 5.60. The van der Waals surface area contributed by atoms with Crippen LogP contribution in [0.4, 0.5) is 11.4 Å². The second-order valence-corrected chi connectivity index (χ2v) is 9.29. The number of sulfonamides is 1. The molecule has 2 rings (SSSR count). The lowest BCUT2D eigenvalue weighted by Crippen LogP contribution is -2.32. The molecule has 0 radical (unpaired) electrons. The summed E-state index contributed by atoms with van der Waals surface area (Å²) in [7, 11) is -3.52. The van der Waals surface area contributed by atoms with Crippen molar-refractivity contribution >= 4 is 62.1 Å². The lowest BCUT2D eigenvalue weighted by atomic mass is 10.2. The van der Waals surface area contributed by atoms with Crippen LogP contribution in [0.2, 0.25) is 15.1 Å². The van der Waals surface area contributed by atoms with Gasteiger partial charge in [0.05, 0.1) is 11.9 Å². The van der Waals surface area contributed by atoms with Gasteiger partial charge in [-0.2, -0.15) is 0 Å². The monoisotopic (exact) mass is 448 g/mol. The number of nitrogens with one attached hydrogen (secondary N) is 1. The molecular weight excluding hydrogens is 431 g/mol. The normalized spacial score (nSPS) is 11.3. The maximum atomic E-state index is 12.2. The second kappa shape index (κ2) is 9.15. The first-order valence-corrected chi connectivity index (χ1v) is 11.0. The summed E-state index contributed by atoms with van der Waals surface area (Å²) < 4.78 is 25.6. The van der Waals surface area contributed by atoms with Crippen molar-refractivity contribution < 1.29 is 13.2 Å². The van der Waals surface area contributed by atoms with E-state index in [1.54, 1.807) is 43.3 Å². The molecule has 1 amide bonds. The second-order valence-electron chi connectivity index (χ2n) is 6.08. The van der Waals surface area contributed by atoms with E-state index < -0.39 is 10.0 Å². The summed E-state index contributed by atoms with van der Waals surface area (Å²) >= 11 is 17.8. The van der Waals surface area contributed by atoms with E-state index in [-0.39, 0.29) is 18.9 Å². The molecule has 0 unspecified atom stereocenters. The van der Waals surface area contributed by atoms with Gasteiger partial charge in [-0.25, -0.2) is 8.42 Å². The number of anilines is 2. The van der Waals surface area contributed by atoms with E-state index in [1.165, 1.54) is 4.31 Å². The molecule has 0 bridgehead atoms. The number of aryl methyl sites for hydroxylation is 1. The lowest BCUT2D eigenvalue weighted by Gasteiger charge is -2.24. The molecule has 0 aliphatic heterocycles. The molecule has 2 aromatic rings. The number of carbonyl (C=O) groups excluding carboxylic acids is 1. The van der Waals surface area contributed by atoms with E-state index in [0.717, 1.165) is 11.8 Å². The Bertz CT molecular complexity index is 929. The molecule has 146 valence electrons. The summed E-state index contributed by atoms with van der Waals surface area (Å²) in [5, 5.41) is 3.97. The summed E-state index contributed by atoms with van der Waals surface area (Å²) in [5.74, 6) is -0.260. The van der Waals surface area contributed by atoms with Crippen LogP contribution in [0.3, 0.4) is 0 Å². The van der Waals surface area contributed by atoms with Gasteiger partial charge in [0.15, 0.2) is 0 Å². The Morgan fingerprint density at radius 3 is 2.26 bits per heavy atom. The number of hydrogen-bond acceptors (Lipinski definition) is 3.